The molecule has 1 aliphatic heterocycles. The third-order valence-electron chi connectivity index (χ3n) is 1.99. The maximum Gasteiger partial charge on any atom is 0.496 e. The predicted octanol–water partition coefficient (Wildman–Crippen LogP) is 1.67. The Morgan fingerprint density at radius 1 is 1.50 bits per heavy atom. The average Bonchev–Trinajstić information content (AvgIpc) is 2.71. The minimum Gasteiger partial charge on any atom is -0.290 e. The Balaban J connectivity index is 2.36. The van der Waals surface area contributed by atoms with Gasteiger partial charge in [0.2, 0.25) is 5.84 Å². The summed E-state index contributed by atoms with van der Waals surface area (Å²) in [6.45, 7) is 0. The summed E-state index contributed by atoms with van der Waals surface area (Å²) in [6, 6.07) is 3.99. The van der Waals surface area contributed by atoms with Crippen LogP contribution in [0.3, 0.4) is 0 Å². The van der Waals surface area contributed by atoms with Crippen molar-refractivity contribution in [3.8, 4) is 0 Å². The van der Waals surface area contributed by atoms with Crippen LogP contribution in [0, 0.1) is 0 Å². The van der Waals surface area contributed by atoms with Crippen molar-refractivity contribution in [1.82, 2.24) is 0 Å². The Labute approximate surface area is 92.6 Å². The number of thiophene rings is 1. The molecule has 1 unspecified atom stereocenters. The second-order valence-electron chi connectivity index (χ2n) is 3.06. The summed E-state index contributed by atoms with van der Waals surface area (Å²) in [5, 5.41) is 11.0. The average molecular weight is 222 g/mol. The lowest BCUT2D eigenvalue weighted by Crippen LogP contribution is -2.48. The van der Waals surface area contributed by atoms with Crippen LogP contribution in [0.15, 0.2) is 27.7 Å². The van der Waals surface area contributed by atoms with Crippen LogP contribution in [-0.2, 0) is 0 Å². The third kappa shape index (κ3) is 1.43. The first kappa shape index (κ1) is 9.95. The van der Waals surface area contributed by atoms with Crippen molar-refractivity contribution >= 4 is 42.1 Å². The molecule has 2 heterocycles. The van der Waals surface area contributed by atoms with Gasteiger partial charge >= 0.3 is 7.98 Å². The van der Waals surface area contributed by atoms with Gasteiger partial charge in [-0.25, -0.2) is 0 Å². The minimum absolute atomic E-state index is 0.154. The monoisotopic (exact) mass is 222 g/mol. The molecule has 0 fully saturated rings. The third-order valence-corrected chi connectivity index (χ3v) is 3.68. The van der Waals surface area contributed by atoms with Crippen LogP contribution >= 0.6 is 23.1 Å². The number of hydrogen-bond acceptors (Lipinski definition) is 4. The van der Waals surface area contributed by atoms with E-state index in [-0.39, 0.29) is 4.39 Å². The Hall–Kier alpha value is -0.585. The van der Waals surface area contributed by atoms with Crippen molar-refractivity contribution in [1.29, 1.82) is 0 Å². The van der Waals surface area contributed by atoms with E-state index in [0.717, 1.165) is 15.9 Å². The molecule has 0 N–H and O–H groups in total. The van der Waals surface area contributed by atoms with Gasteiger partial charge in [0.1, 0.15) is 4.88 Å². The van der Waals surface area contributed by atoms with Gasteiger partial charge in [-0.3, -0.25) is 4.39 Å². The van der Waals surface area contributed by atoms with E-state index < -0.39 is 0 Å². The Morgan fingerprint density at radius 3 is 2.79 bits per heavy atom. The number of rotatable bonds is 1. The molecule has 0 saturated heterocycles. The Morgan fingerprint density at radius 2 is 2.29 bits per heavy atom. The van der Waals surface area contributed by atoms with Crippen LogP contribution in [0.4, 0.5) is 0 Å². The van der Waals surface area contributed by atoms with Gasteiger partial charge in [-0.1, -0.05) is 16.3 Å². The molecule has 1 aromatic rings. The summed E-state index contributed by atoms with van der Waals surface area (Å²) in [5.74, 6) is 0.810. The van der Waals surface area contributed by atoms with Crippen LogP contribution in [0.25, 0.3) is 0 Å². The van der Waals surface area contributed by atoms with Crippen LogP contribution in [-0.4, -0.2) is 36.7 Å². The van der Waals surface area contributed by atoms with Crippen molar-refractivity contribution in [3.05, 3.63) is 22.4 Å². The van der Waals surface area contributed by atoms with E-state index in [1.165, 1.54) is 11.8 Å². The van der Waals surface area contributed by atoms with E-state index in [0.29, 0.717) is 0 Å². The van der Waals surface area contributed by atoms with E-state index in [2.05, 4.69) is 10.2 Å². The molecule has 3 nitrogen and oxygen atoms in total. The van der Waals surface area contributed by atoms with Gasteiger partial charge in [-0.05, 0) is 29.5 Å². The van der Waals surface area contributed by atoms with Crippen molar-refractivity contribution in [3.63, 3.8) is 0 Å². The van der Waals surface area contributed by atoms with Gasteiger partial charge in [0.25, 0.3) is 5.17 Å². The van der Waals surface area contributed by atoms with Crippen molar-refractivity contribution in [2.45, 2.75) is 0 Å². The molecule has 0 saturated carbocycles. The maximum atomic E-state index is 6.13. The maximum absolute atomic E-state index is 6.13. The summed E-state index contributed by atoms with van der Waals surface area (Å²) in [4.78, 5) is 1.07. The molecule has 0 bridgehead atoms. The quantitative estimate of drug-likeness (QED) is 0.663. The molecular formula is C8H9BN3S2+. The summed E-state index contributed by atoms with van der Waals surface area (Å²) in [7, 11) is 8.02. The van der Waals surface area contributed by atoms with E-state index in [9.17, 15) is 0 Å². The first-order valence-corrected chi connectivity index (χ1v) is 6.16. The lowest BCUT2D eigenvalue weighted by Gasteiger charge is -2.24. The molecule has 2 rings (SSSR count). The summed E-state index contributed by atoms with van der Waals surface area (Å²) >= 11 is 3.15. The number of thioether (sulfide) groups is 1. The zero-order valence-electron chi connectivity index (χ0n) is 7.97. The molecule has 1 atom stereocenters. The fourth-order valence-electron chi connectivity index (χ4n) is 1.28. The van der Waals surface area contributed by atoms with Gasteiger partial charge in [-0.15, -0.1) is 11.3 Å². The van der Waals surface area contributed by atoms with Crippen LogP contribution < -0.4 is 0 Å². The molecule has 0 spiro atoms. The summed E-state index contributed by atoms with van der Waals surface area (Å²) in [5.41, 5.74) is 0. The van der Waals surface area contributed by atoms with Gasteiger partial charge in [0.05, 0.1) is 7.05 Å². The zero-order chi connectivity index (χ0) is 10.2. The molecular weight excluding hydrogens is 213 g/mol. The van der Waals surface area contributed by atoms with Gasteiger partial charge < -0.3 is 0 Å². The first-order chi connectivity index (χ1) is 6.66. The van der Waals surface area contributed by atoms with Crippen LogP contribution in [0.2, 0.25) is 0 Å². The number of hydrogen-bond donors (Lipinski definition) is 0. The molecule has 70 valence electrons. The minimum atomic E-state index is 0.154. The first-order valence-electron chi connectivity index (χ1n) is 4.06. The summed E-state index contributed by atoms with van der Waals surface area (Å²) in [6.07, 6.45) is 1.95. The van der Waals surface area contributed by atoms with E-state index in [1.54, 1.807) is 11.3 Å². The van der Waals surface area contributed by atoms with Gasteiger partial charge in [0, 0.05) is 0 Å². The fraction of sp³-hybridized carbons (Fsp3) is 0.250. The molecule has 0 aromatic carbocycles. The molecule has 2 radical (unpaired) electrons. The largest absolute Gasteiger partial charge is 0.496 e. The van der Waals surface area contributed by atoms with Crippen molar-refractivity contribution in [2.24, 2.45) is 10.2 Å². The predicted molar refractivity (Wildman–Crippen MR) is 63.7 cm³/mol. The standard InChI is InChI=1S/C8H9BN3S2/c1-12(9)7(6-4-3-5-14-6)10-11-8(12)13-2/h3-5H,1-2H3/q+1. The van der Waals surface area contributed by atoms with Crippen molar-refractivity contribution < 1.29 is 4.39 Å². The highest BCUT2D eigenvalue weighted by Crippen LogP contribution is 2.24. The number of quaternary nitrogens is 1. The van der Waals surface area contributed by atoms with Gasteiger partial charge in [0.15, 0.2) is 0 Å². The zero-order valence-corrected chi connectivity index (χ0v) is 9.60. The Bertz CT molecular complexity index is 395. The fourth-order valence-corrected chi connectivity index (χ4v) is 2.67. The van der Waals surface area contributed by atoms with Crippen molar-refractivity contribution in [2.75, 3.05) is 13.3 Å². The molecule has 6 heteroatoms. The van der Waals surface area contributed by atoms with Gasteiger partial charge in [-0.2, -0.15) is 0 Å². The molecule has 0 amide bonds. The molecule has 1 aromatic heterocycles. The number of nitrogens with zero attached hydrogens (tertiary/aromatic N) is 3. The SMILES string of the molecule is [B][N+]1(C)C(SC)=NN=C1c1cccs1. The number of amidine groups is 2. The van der Waals surface area contributed by atoms with E-state index in [1.807, 2.05) is 30.8 Å². The smallest absolute Gasteiger partial charge is 0.290 e. The second-order valence-corrected chi connectivity index (χ2v) is 4.78. The topological polar surface area (TPSA) is 24.7 Å². The lowest BCUT2D eigenvalue weighted by atomic mass is 10.2. The lowest BCUT2D eigenvalue weighted by molar-refractivity contribution is -0.577. The molecule has 1 aliphatic rings. The highest BCUT2D eigenvalue weighted by Gasteiger charge is 2.37. The van der Waals surface area contributed by atoms with E-state index in [4.69, 9.17) is 7.98 Å². The highest BCUT2D eigenvalue weighted by atomic mass is 32.2. The highest BCUT2D eigenvalue weighted by molar-refractivity contribution is 8.12. The Kier molecular flexibility index (Phi) is 2.51. The second kappa shape index (κ2) is 3.53. The van der Waals surface area contributed by atoms with Crippen LogP contribution in [0.5, 0.6) is 0 Å². The molecule has 0 aliphatic carbocycles. The van der Waals surface area contributed by atoms with E-state index >= 15 is 0 Å². The normalized spacial score (nSPS) is 26.1. The molecule has 14 heavy (non-hydrogen) atoms. The van der Waals surface area contributed by atoms with Crippen LogP contribution in [0.1, 0.15) is 4.88 Å². The summed E-state index contributed by atoms with van der Waals surface area (Å²) < 4.78 is 0.154.